The first-order valence-electron chi connectivity index (χ1n) is 17.8. The van der Waals surface area contributed by atoms with Gasteiger partial charge in [0.25, 0.3) is 0 Å². The van der Waals surface area contributed by atoms with E-state index in [0.29, 0.717) is 37.5 Å². The number of amides is 4. The van der Waals surface area contributed by atoms with Gasteiger partial charge >= 0.3 is 6.03 Å². The molecule has 1 aromatic rings. The standard InChI is InChI=1S/C36H58N6O3/c1-42(2,3)25-11-10-16-32(38-29-14-8-5-9-15-29)34(44)41-22-17-31(39-35(45)40-23-20-36(18-19-36)21-24-40)30(27-41)33(43)37-26-28-12-6-4-7-13-28/h4,6-7,12-13,29-32,38H,5,8-11,14-27H2,1-3H3,(H-,37,39,43,45)/p+1/t30-,31+,32?/m0/s1. The molecule has 4 amide bonds. The second-order valence-corrected chi connectivity index (χ2v) is 15.5. The van der Waals surface area contributed by atoms with Crippen molar-refractivity contribution in [3.8, 4) is 0 Å². The monoisotopic (exact) mass is 623 g/mol. The fourth-order valence-electron chi connectivity index (χ4n) is 7.60. The highest BCUT2D eigenvalue weighted by molar-refractivity contribution is 5.85. The Labute approximate surface area is 271 Å². The maximum atomic E-state index is 14.2. The lowest BCUT2D eigenvalue weighted by atomic mass is 9.89. The number of urea groups is 1. The van der Waals surface area contributed by atoms with E-state index in [4.69, 9.17) is 0 Å². The van der Waals surface area contributed by atoms with Crippen LogP contribution in [-0.2, 0) is 16.1 Å². The number of nitrogens with zero attached hydrogens (tertiary/aromatic N) is 3. The molecule has 1 aromatic carbocycles. The number of likely N-dealkylation sites (tertiary alicyclic amines) is 2. The highest BCUT2D eigenvalue weighted by atomic mass is 16.2. The molecule has 5 rings (SSSR count). The third-order valence-corrected chi connectivity index (χ3v) is 10.9. The van der Waals surface area contributed by atoms with Gasteiger partial charge in [0.1, 0.15) is 0 Å². The smallest absolute Gasteiger partial charge is 0.317 e. The number of hydrogen-bond donors (Lipinski definition) is 3. The predicted octanol–water partition coefficient (Wildman–Crippen LogP) is 4.27. The van der Waals surface area contributed by atoms with Crippen molar-refractivity contribution >= 4 is 17.8 Å². The lowest BCUT2D eigenvalue weighted by Crippen LogP contribution is -2.61. The third kappa shape index (κ3) is 9.92. The van der Waals surface area contributed by atoms with Crippen LogP contribution in [0.1, 0.15) is 89.0 Å². The van der Waals surface area contributed by atoms with E-state index in [2.05, 4.69) is 37.1 Å². The first-order chi connectivity index (χ1) is 21.6. The minimum absolute atomic E-state index is 0.0646. The molecule has 2 aliphatic carbocycles. The van der Waals surface area contributed by atoms with Crippen LogP contribution in [0.15, 0.2) is 30.3 Å². The second kappa shape index (κ2) is 15.3. The van der Waals surface area contributed by atoms with Crippen LogP contribution < -0.4 is 16.0 Å². The quantitative estimate of drug-likeness (QED) is 0.240. The zero-order chi connectivity index (χ0) is 31.9. The van der Waals surface area contributed by atoms with Crippen LogP contribution in [0, 0.1) is 11.3 Å². The van der Waals surface area contributed by atoms with Crippen LogP contribution in [0.3, 0.4) is 0 Å². The van der Waals surface area contributed by atoms with Crippen molar-refractivity contribution in [1.29, 1.82) is 0 Å². The van der Waals surface area contributed by atoms with Gasteiger partial charge in [-0.2, -0.15) is 0 Å². The fourth-order valence-corrected chi connectivity index (χ4v) is 7.60. The van der Waals surface area contributed by atoms with E-state index in [0.717, 1.165) is 74.6 Å². The number of hydrogen-bond acceptors (Lipinski definition) is 4. The van der Waals surface area contributed by atoms with Gasteiger partial charge < -0.3 is 30.2 Å². The molecule has 3 N–H and O–H groups in total. The van der Waals surface area contributed by atoms with Gasteiger partial charge in [0.2, 0.25) is 11.8 Å². The summed E-state index contributed by atoms with van der Waals surface area (Å²) in [6, 6.07) is 9.68. The Kier molecular flexibility index (Phi) is 11.5. The molecule has 4 fully saturated rings. The summed E-state index contributed by atoms with van der Waals surface area (Å²) in [5, 5.41) is 10.1. The lowest BCUT2D eigenvalue weighted by Gasteiger charge is -2.41. The molecule has 250 valence electrons. The van der Waals surface area contributed by atoms with Crippen LogP contribution in [0.25, 0.3) is 0 Å². The van der Waals surface area contributed by atoms with Gasteiger partial charge in [-0.05, 0) is 75.2 Å². The zero-order valence-corrected chi connectivity index (χ0v) is 28.2. The molecule has 2 saturated heterocycles. The van der Waals surface area contributed by atoms with Crippen LogP contribution in [-0.4, -0.2) is 104 Å². The van der Waals surface area contributed by atoms with Gasteiger partial charge in [-0.3, -0.25) is 9.59 Å². The number of nitrogens with one attached hydrogen (secondary N) is 3. The zero-order valence-electron chi connectivity index (χ0n) is 28.2. The molecule has 0 bridgehead atoms. The predicted molar refractivity (Wildman–Crippen MR) is 178 cm³/mol. The van der Waals surface area contributed by atoms with E-state index in [1.165, 1.54) is 32.1 Å². The topological polar surface area (TPSA) is 93.8 Å². The number of carbonyl (C=O) groups excluding carboxylic acids is 3. The summed E-state index contributed by atoms with van der Waals surface area (Å²) in [7, 11) is 6.64. The molecule has 0 radical (unpaired) electrons. The summed E-state index contributed by atoms with van der Waals surface area (Å²) >= 11 is 0. The summed E-state index contributed by atoms with van der Waals surface area (Å²) in [5.74, 6) is -0.484. The molecule has 2 heterocycles. The van der Waals surface area contributed by atoms with Crippen molar-refractivity contribution in [1.82, 2.24) is 25.8 Å². The van der Waals surface area contributed by atoms with Gasteiger partial charge in [0, 0.05) is 44.8 Å². The molecule has 1 spiro atoms. The SMILES string of the molecule is C[N+](C)(C)CCCCC(NC1CCCCC1)C(=O)N1CC[C@@H](NC(=O)N2CCC3(CC2)CC3)[C@@H](C(=O)NCc2ccccc2)C1. The first-order valence-corrected chi connectivity index (χ1v) is 17.8. The number of piperidine rings is 2. The highest BCUT2D eigenvalue weighted by Crippen LogP contribution is 2.53. The number of unbranched alkanes of at least 4 members (excludes halogenated alkanes) is 1. The summed E-state index contributed by atoms with van der Waals surface area (Å²) in [4.78, 5) is 45.2. The Morgan fingerprint density at radius 1 is 0.889 bits per heavy atom. The van der Waals surface area contributed by atoms with Gasteiger partial charge in [0.15, 0.2) is 0 Å². The number of carbonyl (C=O) groups is 3. The average Bonchev–Trinajstić information content (AvgIpc) is 3.80. The minimum Gasteiger partial charge on any atom is -0.352 e. The number of rotatable bonds is 12. The molecular formula is C36H59N6O3+. The normalized spacial score (nSPS) is 24.2. The summed E-state index contributed by atoms with van der Waals surface area (Å²) in [5.41, 5.74) is 1.53. The van der Waals surface area contributed by atoms with Crippen LogP contribution >= 0.6 is 0 Å². The van der Waals surface area contributed by atoms with Gasteiger partial charge in [-0.15, -0.1) is 0 Å². The minimum atomic E-state index is -0.497. The van der Waals surface area contributed by atoms with E-state index >= 15 is 0 Å². The van der Waals surface area contributed by atoms with Crippen molar-refractivity contribution in [2.45, 2.75) is 108 Å². The molecule has 3 atom stereocenters. The molecule has 45 heavy (non-hydrogen) atoms. The van der Waals surface area contributed by atoms with E-state index in [1.807, 2.05) is 40.1 Å². The Morgan fingerprint density at radius 2 is 1.60 bits per heavy atom. The van der Waals surface area contributed by atoms with Crippen LogP contribution in [0.5, 0.6) is 0 Å². The van der Waals surface area contributed by atoms with E-state index in [-0.39, 0.29) is 29.9 Å². The van der Waals surface area contributed by atoms with E-state index < -0.39 is 5.92 Å². The van der Waals surface area contributed by atoms with Crippen molar-refractivity contribution in [3.63, 3.8) is 0 Å². The molecule has 2 saturated carbocycles. The van der Waals surface area contributed by atoms with Crippen molar-refractivity contribution in [2.24, 2.45) is 11.3 Å². The number of quaternary nitrogens is 1. The van der Waals surface area contributed by atoms with Crippen LogP contribution in [0.4, 0.5) is 4.79 Å². The van der Waals surface area contributed by atoms with Gasteiger partial charge in [0.05, 0.1) is 39.6 Å². The van der Waals surface area contributed by atoms with Gasteiger partial charge in [-0.25, -0.2) is 4.79 Å². The Balaban J connectivity index is 1.24. The third-order valence-electron chi connectivity index (χ3n) is 10.9. The molecule has 0 aromatic heterocycles. The molecule has 4 aliphatic rings. The summed E-state index contributed by atoms with van der Waals surface area (Å²) in [6.45, 7) is 3.97. The lowest BCUT2D eigenvalue weighted by molar-refractivity contribution is -0.870. The van der Waals surface area contributed by atoms with E-state index in [1.54, 1.807) is 0 Å². The Bertz CT molecular complexity index is 1120. The molecule has 9 nitrogen and oxygen atoms in total. The first kappa shape index (κ1) is 33.7. The average molecular weight is 624 g/mol. The molecular weight excluding hydrogens is 564 g/mol. The largest absolute Gasteiger partial charge is 0.352 e. The summed E-state index contributed by atoms with van der Waals surface area (Å²) in [6.07, 6.45) is 14.2. The Hall–Kier alpha value is -2.65. The van der Waals surface area contributed by atoms with Crippen molar-refractivity contribution < 1.29 is 18.9 Å². The second-order valence-electron chi connectivity index (χ2n) is 15.5. The molecule has 1 unspecified atom stereocenters. The van der Waals surface area contributed by atoms with Crippen molar-refractivity contribution in [2.75, 3.05) is 53.9 Å². The Morgan fingerprint density at radius 3 is 2.27 bits per heavy atom. The maximum Gasteiger partial charge on any atom is 0.317 e. The molecule has 9 heteroatoms. The maximum absolute atomic E-state index is 14.2. The van der Waals surface area contributed by atoms with Crippen molar-refractivity contribution in [3.05, 3.63) is 35.9 Å². The van der Waals surface area contributed by atoms with Gasteiger partial charge in [-0.1, -0.05) is 49.6 Å². The summed E-state index contributed by atoms with van der Waals surface area (Å²) < 4.78 is 0.923. The highest BCUT2D eigenvalue weighted by Gasteiger charge is 2.46. The van der Waals surface area contributed by atoms with E-state index in [9.17, 15) is 14.4 Å². The number of benzene rings is 1. The molecule has 2 aliphatic heterocycles. The van der Waals surface area contributed by atoms with Crippen LogP contribution in [0.2, 0.25) is 0 Å². The fraction of sp³-hybridized carbons (Fsp3) is 0.750.